The van der Waals surface area contributed by atoms with E-state index >= 15 is 0 Å². The van der Waals surface area contributed by atoms with Crippen molar-refractivity contribution in [3.63, 3.8) is 0 Å². The first-order valence-electron chi connectivity index (χ1n) is 11.1. The molecule has 0 spiro atoms. The largest absolute Gasteiger partial charge is 0.433 e. The van der Waals surface area contributed by atoms with Crippen molar-refractivity contribution in [3.05, 3.63) is 50.7 Å². The van der Waals surface area contributed by atoms with E-state index in [0.29, 0.717) is 25.5 Å². The molecule has 0 aliphatic carbocycles. The van der Waals surface area contributed by atoms with E-state index in [1.165, 1.54) is 23.9 Å². The Morgan fingerprint density at radius 3 is 2.21 bits per heavy atom. The minimum atomic E-state index is -4.52. The van der Waals surface area contributed by atoms with Gasteiger partial charge in [0.05, 0.1) is 0 Å². The maximum atomic E-state index is 13.4. The highest BCUT2D eigenvalue weighted by Gasteiger charge is 2.35. The minimum Gasteiger partial charge on any atom is -0.354 e. The third kappa shape index (κ3) is 6.21. The Morgan fingerprint density at radius 1 is 0.970 bits per heavy atom. The molecule has 0 unspecified atom stereocenters. The number of hydrogen-bond acceptors (Lipinski definition) is 6. The minimum absolute atomic E-state index is 0.184. The molecule has 11 heteroatoms. The fourth-order valence-electron chi connectivity index (χ4n) is 3.68. The molecule has 0 radical (unpaired) electrons. The van der Waals surface area contributed by atoms with Crippen molar-refractivity contribution in [3.8, 4) is 0 Å². The second-order valence-corrected chi connectivity index (χ2v) is 9.41. The zero-order chi connectivity index (χ0) is 24.4. The Kier molecular flexibility index (Phi) is 7.30. The summed E-state index contributed by atoms with van der Waals surface area (Å²) in [6.45, 7) is 9.36. The van der Waals surface area contributed by atoms with Gasteiger partial charge in [0.15, 0.2) is 0 Å². The zero-order valence-electron chi connectivity index (χ0n) is 19.5. The van der Waals surface area contributed by atoms with Crippen molar-refractivity contribution >= 4 is 5.82 Å². The van der Waals surface area contributed by atoms with E-state index in [-0.39, 0.29) is 17.1 Å². The number of hydrogen-bond donors (Lipinski definition) is 0. The molecule has 3 heterocycles. The molecular weight excluding hydrogens is 437 g/mol. The van der Waals surface area contributed by atoms with Gasteiger partial charge in [-0.05, 0) is 19.4 Å². The van der Waals surface area contributed by atoms with Gasteiger partial charge in [0.1, 0.15) is 17.3 Å². The summed E-state index contributed by atoms with van der Waals surface area (Å²) in [5.41, 5.74) is -2.15. The maximum Gasteiger partial charge on any atom is 0.433 e. The summed E-state index contributed by atoms with van der Waals surface area (Å²) in [6, 6.07) is 2.42. The van der Waals surface area contributed by atoms with Gasteiger partial charge in [0.2, 0.25) is 0 Å². The fraction of sp³-hybridized carbons (Fsp3) is 0.636. The molecule has 0 amide bonds. The molecule has 0 N–H and O–H groups in total. The third-order valence-corrected chi connectivity index (χ3v) is 5.75. The molecule has 2 aromatic heterocycles. The van der Waals surface area contributed by atoms with Gasteiger partial charge in [-0.3, -0.25) is 14.3 Å². The smallest absolute Gasteiger partial charge is 0.354 e. The third-order valence-electron chi connectivity index (χ3n) is 5.75. The average molecular weight is 469 g/mol. The summed E-state index contributed by atoms with van der Waals surface area (Å²) >= 11 is 0. The molecule has 0 atom stereocenters. The average Bonchev–Trinajstić information content (AvgIpc) is 2.75. The van der Waals surface area contributed by atoms with E-state index in [2.05, 4.69) is 14.9 Å². The highest BCUT2D eigenvalue weighted by Crippen LogP contribution is 2.32. The van der Waals surface area contributed by atoms with Crippen molar-refractivity contribution in [2.24, 2.45) is 7.05 Å². The Labute approximate surface area is 190 Å². The molecular formula is C22H31F3N6O2. The van der Waals surface area contributed by atoms with Crippen LogP contribution < -0.4 is 16.1 Å². The van der Waals surface area contributed by atoms with Gasteiger partial charge in [-0.2, -0.15) is 13.2 Å². The van der Waals surface area contributed by atoms with Crippen LogP contribution in [0.15, 0.2) is 27.9 Å². The van der Waals surface area contributed by atoms with Crippen molar-refractivity contribution in [2.75, 3.05) is 37.6 Å². The fourth-order valence-corrected chi connectivity index (χ4v) is 3.68. The van der Waals surface area contributed by atoms with Crippen LogP contribution in [0.1, 0.15) is 45.1 Å². The predicted octanol–water partition coefficient (Wildman–Crippen LogP) is 2.26. The zero-order valence-corrected chi connectivity index (χ0v) is 19.5. The lowest BCUT2D eigenvalue weighted by Gasteiger charge is -2.36. The van der Waals surface area contributed by atoms with Gasteiger partial charge in [0, 0.05) is 63.5 Å². The summed E-state index contributed by atoms with van der Waals surface area (Å²) in [7, 11) is 1.46. The van der Waals surface area contributed by atoms with Crippen LogP contribution >= 0.6 is 0 Å². The number of nitrogens with zero attached hydrogens (tertiary/aromatic N) is 6. The highest BCUT2D eigenvalue weighted by atomic mass is 19.4. The number of piperazine rings is 1. The molecule has 8 nitrogen and oxygen atoms in total. The number of aryl methyl sites for hydroxylation is 1. The molecule has 1 saturated heterocycles. The summed E-state index contributed by atoms with van der Waals surface area (Å²) in [5, 5.41) is 0. The van der Waals surface area contributed by atoms with Gasteiger partial charge in [-0.15, -0.1) is 0 Å². The molecule has 2 aromatic rings. The number of aromatic nitrogens is 4. The lowest BCUT2D eigenvalue weighted by Crippen LogP contribution is -2.47. The number of anilines is 1. The second-order valence-electron chi connectivity index (χ2n) is 9.41. The van der Waals surface area contributed by atoms with Gasteiger partial charge < -0.3 is 9.47 Å². The van der Waals surface area contributed by atoms with Crippen molar-refractivity contribution in [1.29, 1.82) is 0 Å². The molecule has 0 bridgehead atoms. The second kappa shape index (κ2) is 9.66. The first-order valence-corrected chi connectivity index (χ1v) is 11.1. The molecule has 3 rings (SSSR count). The Bertz CT molecular complexity index is 1050. The number of rotatable bonds is 6. The van der Waals surface area contributed by atoms with Crippen LogP contribution in [0.5, 0.6) is 0 Å². The SMILES string of the molecule is Cn1c(=O)ccn(CCCCN2CCN(c3cc(C(F)(F)F)nc(C(C)(C)C)n3)CC2)c1=O. The Morgan fingerprint density at radius 2 is 1.61 bits per heavy atom. The van der Waals surface area contributed by atoms with E-state index in [9.17, 15) is 22.8 Å². The lowest BCUT2D eigenvalue weighted by molar-refractivity contribution is -0.141. The highest BCUT2D eigenvalue weighted by molar-refractivity contribution is 5.42. The van der Waals surface area contributed by atoms with Crippen LogP contribution in [0.4, 0.5) is 19.0 Å². The number of halogens is 3. The monoisotopic (exact) mass is 468 g/mol. The summed E-state index contributed by atoms with van der Waals surface area (Å²) in [5.74, 6) is 0.499. The number of alkyl halides is 3. The van der Waals surface area contributed by atoms with Crippen molar-refractivity contribution in [2.45, 2.75) is 51.7 Å². The van der Waals surface area contributed by atoms with Crippen LogP contribution in [0, 0.1) is 0 Å². The predicted molar refractivity (Wildman–Crippen MR) is 120 cm³/mol. The molecule has 0 aromatic carbocycles. The van der Waals surface area contributed by atoms with E-state index in [1.807, 2.05) is 4.90 Å². The van der Waals surface area contributed by atoms with E-state index in [0.717, 1.165) is 43.1 Å². The topological polar surface area (TPSA) is 76.3 Å². The molecule has 0 saturated carbocycles. The molecule has 33 heavy (non-hydrogen) atoms. The first kappa shape index (κ1) is 24.9. The van der Waals surface area contributed by atoms with Gasteiger partial charge in [-0.25, -0.2) is 14.8 Å². The maximum absolute atomic E-state index is 13.4. The summed E-state index contributed by atoms with van der Waals surface area (Å²) < 4.78 is 42.7. The van der Waals surface area contributed by atoms with Crippen LogP contribution in [-0.2, 0) is 25.2 Å². The summed E-state index contributed by atoms with van der Waals surface area (Å²) in [4.78, 5) is 35.9. The number of unbranched alkanes of at least 4 members (excludes halogenated alkanes) is 1. The van der Waals surface area contributed by atoms with Crippen molar-refractivity contribution < 1.29 is 13.2 Å². The Hall–Kier alpha value is -2.69. The van der Waals surface area contributed by atoms with Crippen LogP contribution in [0.25, 0.3) is 0 Å². The van der Waals surface area contributed by atoms with Gasteiger partial charge in [0.25, 0.3) is 5.56 Å². The van der Waals surface area contributed by atoms with Crippen molar-refractivity contribution in [1.82, 2.24) is 24.0 Å². The molecule has 1 fully saturated rings. The molecule has 1 aliphatic rings. The standard InChI is InChI=1S/C22H31F3N6O2/c1-21(2,3)19-26-16(22(23,24)25)15-17(27-19)30-13-11-29(12-14-30)8-5-6-9-31-10-7-18(32)28(4)20(31)33/h7,10,15H,5-6,8-9,11-14H2,1-4H3. The van der Waals surface area contributed by atoms with Crippen LogP contribution in [0.3, 0.4) is 0 Å². The van der Waals surface area contributed by atoms with E-state index < -0.39 is 17.3 Å². The molecule has 182 valence electrons. The van der Waals surface area contributed by atoms with Crippen LogP contribution in [0.2, 0.25) is 0 Å². The summed E-state index contributed by atoms with van der Waals surface area (Å²) in [6.07, 6.45) is -1.35. The normalized spacial score (nSPS) is 15.8. The van der Waals surface area contributed by atoms with E-state index in [1.54, 1.807) is 20.8 Å². The van der Waals surface area contributed by atoms with Crippen LogP contribution in [-0.4, -0.2) is 56.7 Å². The van der Waals surface area contributed by atoms with E-state index in [4.69, 9.17) is 0 Å². The first-order chi connectivity index (χ1) is 15.4. The van der Waals surface area contributed by atoms with Gasteiger partial charge in [-0.1, -0.05) is 20.8 Å². The Balaban J connectivity index is 1.55. The lowest BCUT2D eigenvalue weighted by atomic mass is 9.95. The molecule has 1 aliphatic heterocycles. The van der Waals surface area contributed by atoms with Gasteiger partial charge >= 0.3 is 11.9 Å². The quantitative estimate of drug-likeness (QED) is 0.606.